The van der Waals surface area contributed by atoms with Crippen LogP contribution in [0.15, 0.2) is 18.2 Å². The van der Waals surface area contributed by atoms with E-state index in [4.69, 9.17) is 9.47 Å². The van der Waals surface area contributed by atoms with Crippen LogP contribution in [0.25, 0.3) is 0 Å². The number of hydrogen-bond donors (Lipinski definition) is 0. The van der Waals surface area contributed by atoms with Crippen LogP contribution in [0.3, 0.4) is 0 Å². The molecule has 0 N–H and O–H groups in total. The van der Waals surface area contributed by atoms with Crippen molar-refractivity contribution in [3.8, 4) is 11.5 Å². The molecule has 0 bridgehead atoms. The monoisotopic (exact) mass is 317 g/mol. The second-order valence-corrected chi connectivity index (χ2v) is 4.48. The standard InChI is InChI=1S/C12H16BrNO4/c1-3-9(7-13)8-18-10-4-5-12(17-2)11(6-10)14(15)16/h4-6,9H,3,7-8H2,1-2H3. The maximum Gasteiger partial charge on any atom is 0.314 e. The lowest BCUT2D eigenvalue weighted by atomic mass is 10.1. The number of halogens is 1. The Labute approximate surface area is 114 Å². The van der Waals surface area contributed by atoms with Gasteiger partial charge < -0.3 is 9.47 Å². The molecule has 0 fully saturated rings. The van der Waals surface area contributed by atoms with Crippen molar-refractivity contribution in [2.24, 2.45) is 5.92 Å². The summed E-state index contributed by atoms with van der Waals surface area (Å²) in [5.74, 6) is 1.12. The van der Waals surface area contributed by atoms with Crippen molar-refractivity contribution in [1.82, 2.24) is 0 Å². The highest BCUT2D eigenvalue weighted by atomic mass is 79.9. The van der Waals surface area contributed by atoms with Crippen LogP contribution < -0.4 is 9.47 Å². The molecule has 0 amide bonds. The second-order valence-electron chi connectivity index (χ2n) is 3.83. The van der Waals surface area contributed by atoms with Gasteiger partial charge >= 0.3 is 5.69 Å². The zero-order valence-electron chi connectivity index (χ0n) is 10.4. The van der Waals surface area contributed by atoms with Crippen LogP contribution in [-0.2, 0) is 0 Å². The fourth-order valence-corrected chi connectivity index (χ4v) is 2.03. The highest BCUT2D eigenvalue weighted by Gasteiger charge is 2.16. The Kier molecular flexibility index (Phi) is 5.91. The Morgan fingerprint density at radius 2 is 2.22 bits per heavy atom. The van der Waals surface area contributed by atoms with Crippen LogP contribution in [0.1, 0.15) is 13.3 Å². The van der Waals surface area contributed by atoms with Crippen molar-refractivity contribution in [2.75, 3.05) is 19.0 Å². The number of rotatable bonds is 7. The molecule has 0 aliphatic carbocycles. The van der Waals surface area contributed by atoms with E-state index in [1.165, 1.54) is 13.2 Å². The SMILES string of the molecule is CCC(CBr)COc1ccc(OC)c([N+](=O)[O-])c1. The second kappa shape index (κ2) is 7.20. The normalized spacial score (nSPS) is 11.9. The molecule has 0 aromatic heterocycles. The molecule has 5 nitrogen and oxygen atoms in total. The molecule has 0 spiro atoms. The van der Waals surface area contributed by atoms with Gasteiger partial charge in [0.05, 0.1) is 24.7 Å². The highest BCUT2D eigenvalue weighted by Crippen LogP contribution is 2.31. The Hall–Kier alpha value is -1.30. The van der Waals surface area contributed by atoms with E-state index in [0.29, 0.717) is 18.3 Å². The minimum atomic E-state index is -0.479. The van der Waals surface area contributed by atoms with Gasteiger partial charge in [-0.25, -0.2) is 0 Å². The molecule has 1 aromatic rings. The largest absolute Gasteiger partial charge is 0.493 e. The molecule has 0 aliphatic heterocycles. The van der Waals surface area contributed by atoms with Gasteiger partial charge in [-0.1, -0.05) is 22.9 Å². The lowest BCUT2D eigenvalue weighted by Crippen LogP contribution is -2.12. The summed E-state index contributed by atoms with van der Waals surface area (Å²) in [4.78, 5) is 10.4. The number of nitro benzene ring substituents is 1. The molecule has 6 heteroatoms. The smallest absolute Gasteiger partial charge is 0.314 e. The maximum absolute atomic E-state index is 10.8. The van der Waals surface area contributed by atoms with E-state index in [9.17, 15) is 10.1 Å². The molecule has 18 heavy (non-hydrogen) atoms. The zero-order valence-corrected chi connectivity index (χ0v) is 12.0. The van der Waals surface area contributed by atoms with Gasteiger partial charge in [0.1, 0.15) is 5.75 Å². The molecular formula is C12H16BrNO4. The molecule has 0 radical (unpaired) electrons. The van der Waals surface area contributed by atoms with Gasteiger partial charge in [-0.2, -0.15) is 0 Å². The number of methoxy groups -OCH3 is 1. The number of benzene rings is 1. The van der Waals surface area contributed by atoms with Crippen LogP contribution in [0.2, 0.25) is 0 Å². The van der Waals surface area contributed by atoms with E-state index in [-0.39, 0.29) is 11.4 Å². The minimum absolute atomic E-state index is 0.0816. The van der Waals surface area contributed by atoms with E-state index in [1.807, 2.05) is 0 Å². The van der Waals surface area contributed by atoms with Crippen molar-refractivity contribution in [3.05, 3.63) is 28.3 Å². The van der Waals surface area contributed by atoms with Gasteiger partial charge in [0.15, 0.2) is 5.75 Å². The third-order valence-corrected chi connectivity index (χ3v) is 3.54. The van der Waals surface area contributed by atoms with Crippen LogP contribution in [-0.4, -0.2) is 24.0 Å². The van der Waals surface area contributed by atoms with Gasteiger partial charge in [-0.15, -0.1) is 0 Å². The van der Waals surface area contributed by atoms with E-state index in [2.05, 4.69) is 22.9 Å². The quantitative estimate of drug-likeness (QED) is 0.439. The first-order valence-corrected chi connectivity index (χ1v) is 6.75. The third kappa shape index (κ3) is 3.87. The molecule has 0 saturated heterocycles. The van der Waals surface area contributed by atoms with Crippen molar-refractivity contribution in [2.45, 2.75) is 13.3 Å². The number of hydrogen-bond acceptors (Lipinski definition) is 4. The van der Waals surface area contributed by atoms with Gasteiger partial charge in [-0.3, -0.25) is 10.1 Å². The highest BCUT2D eigenvalue weighted by molar-refractivity contribution is 9.09. The molecule has 0 aliphatic rings. The molecule has 1 atom stereocenters. The predicted octanol–water partition coefficient (Wildman–Crippen LogP) is 3.40. The van der Waals surface area contributed by atoms with Crippen molar-refractivity contribution in [1.29, 1.82) is 0 Å². The Morgan fingerprint density at radius 1 is 1.50 bits per heavy atom. The summed E-state index contributed by atoms with van der Waals surface area (Å²) in [5, 5.41) is 11.7. The fraction of sp³-hybridized carbons (Fsp3) is 0.500. The van der Waals surface area contributed by atoms with Crippen molar-refractivity contribution < 1.29 is 14.4 Å². The summed E-state index contributed by atoms with van der Waals surface area (Å²) in [6.07, 6.45) is 0.990. The van der Waals surface area contributed by atoms with Crippen LogP contribution in [0.4, 0.5) is 5.69 Å². The molecular weight excluding hydrogens is 302 g/mol. The molecule has 0 saturated carbocycles. The lowest BCUT2D eigenvalue weighted by molar-refractivity contribution is -0.385. The Morgan fingerprint density at radius 3 is 2.72 bits per heavy atom. The first kappa shape index (κ1) is 14.8. The average Bonchev–Trinajstić information content (AvgIpc) is 2.39. The van der Waals surface area contributed by atoms with Gasteiger partial charge in [0.2, 0.25) is 0 Å². The molecule has 100 valence electrons. The fourth-order valence-electron chi connectivity index (χ4n) is 1.39. The zero-order chi connectivity index (χ0) is 13.5. The maximum atomic E-state index is 10.8. The number of ether oxygens (including phenoxy) is 2. The first-order chi connectivity index (χ1) is 8.62. The number of nitrogens with zero attached hydrogens (tertiary/aromatic N) is 1. The summed E-state index contributed by atoms with van der Waals surface area (Å²) in [6.45, 7) is 2.61. The van der Waals surface area contributed by atoms with Gasteiger partial charge in [-0.05, 0) is 18.6 Å². The van der Waals surface area contributed by atoms with E-state index in [1.54, 1.807) is 12.1 Å². The predicted molar refractivity (Wildman–Crippen MR) is 72.7 cm³/mol. The van der Waals surface area contributed by atoms with E-state index < -0.39 is 4.92 Å². The van der Waals surface area contributed by atoms with E-state index in [0.717, 1.165) is 11.8 Å². The van der Waals surface area contributed by atoms with Crippen molar-refractivity contribution in [3.63, 3.8) is 0 Å². The van der Waals surface area contributed by atoms with Gasteiger partial charge in [0, 0.05) is 11.2 Å². The number of nitro groups is 1. The summed E-state index contributed by atoms with van der Waals surface area (Å²) in [5.41, 5.74) is -0.0816. The summed E-state index contributed by atoms with van der Waals surface area (Å²) in [7, 11) is 1.40. The molecule has 1 unspecified atom stereocenters. The lowest BCUT2D eigenvalue weighted by Gasteiger charge is -2.13. The topological polar surface area (TPSA) is 61.6 Å². The van der Waals surface area contributed by atoms with Crippen LogP contribution in [0, 0.1) is 16.0 Å². The average molecular weight is 318 g/mol. The van der Waals surface area contributed by atoms with Crippen LogP contribution >= 0.6 is 15.9 Å². The Balaban J connectivity index is 2.79. The number of alkyl halides is 1. The first-order valence-electron chi connectivity index (χ1n) is 5.63. The minimum Gasteiger partial charge on any atom is -0.493 e. The molecule has 1 aromatic carbocycles. The summed E-state index contributed by atoms with van der Waals surface area (Å²) < 4.78 is 10.5. The van der Waals surface area contributed by atoms with Crippen LogP contribution in [0.5, 0.6) is 11.5 Å². The summed E-state index contributed by atoms with van der Waals surface area (Å²) >= 11 is 3.40. The third-order valence-electron chi connectivity index (χ3n) is 2.63. The molecule has 0 heterocycles. The van der Waals surface area contributed by atoms with E-state index >= 15 is 0 Å². The Bertz CT molecular complexity index is 407. The summed E-state index contributed by atoms with van der Waals surface area (Å²) in [6, 6.07) is 4.61. The molecule has 1 rings (SSSR count). The van der Waals surface area contributed by atoms with Gasteiger partial charge in [0.25, 0.3) is 0 Å². The van der Waals surface area contributed by atoms with Crippen molar-refractivity contribution >= 4 is 21.6 Å².